The van der Waals surface area contributed by atoms with E-state index in [4.69, 9.17) is 5.73 Å². The molecule has 3 rings (SSSR count). The molecule has 8 heteroatoms. The number of halogens is 2. The number of piperazine rings is 1. The smallest absolute Gasteiger partial charge is 0.221 e. The number of amides is 1. The van der Waals surface area contributed by atoms with Crippen LogP contribution in [0.15, 0.2) is 53.5 Å². The van der Waals surface area contributed by atoms with Gasteiger partial charge in [0.1, 0.15) is 5.82 Å². The number of nitrogens with zero attached hydrogens (tertiary/aromatic N) is 3. The molecular formula is C21H27FIN5O. The SMILES string of the molecule is CC(=O)Nc1ccc(CCN=C(N)N2CCN(c3ccc(F)cc3)CC2)cc1.I. The Morgan fingerprint density at radius 1 is 1.07 bits per heavy atom. The van der Waals surface area contributed by atoms with Crippen molar-refractivity contribution in [3.05, 3.63) is 59.9 Å². The number of carbonyl (C=O) groups is 1. The summed E-state index contributed by atoms with van der Waals surface area (Å²) in [5.74, 6) is 0.266. The molecule has 0 spiro atoms. The number of rotatable bonds is 5. The predicted octanol–water partition coefficient (Wildman–Crippen LogP) is 3.08. The van der Waals surface area contributed by atoms with Gasteiger partial charge in [0.2, 0.25) is 5.91 Å². The van der Waals surface area contributed by atoms with Gasteiger partial charge >= 0.3 is 0 Å². The zero-order valence-electron chi connectivity index (χ0n) is 16.5. The maximum absolute atomic E-state index is 13.1. The van der Waals surface area contributed by atoms with Crippen LogP contribution in [0, 0.1) is 5.82 Å². The Morgan fingerprint density at radius 3 is 2.28 bits per heavy atom. The molecule has 3 N–H and O–H groups in total. The molecule has 2 aromatic rings. The molecule has 1 heterocycles. The summed E-state index contributed by atoms with van der Waals surface area (Å²) < 4.78 is 13.1. The average molecular weight is 511 g/mol. The highest BCUT2D eigenvalue weighted by Crippen LogP contribution is 2.17. The van der Waals surface area contributed by atoms with Crippen LogP contribution in [0.2, 0.25) is 0 Å². The molecule has 0 bridgehead atoms. The molecule has 1 aliphatic heterocycles. The van der Waals surface area contributed by atoms with Crippen LogP contribution >= 0.6 is 24.0 Å². The number of guanidine groups is 1. The zero-order valence-corrected chi connectivity index (χ0v) is 18.8. The molecule has 0 atom stereocenters. The second-order valence-corrected chi connectivity index (χ2v) is 6.82. The summed E-state index contributed by atoms with van der Waals surface area (Å²) in [7, 11) is 0. The molecule has 29 heavy (non-hydrogen) atoms. The second kappa shape index (κ2) is 11.0. The Bertz CT molecular complexity index is 818. The summed E-state index contributed by atoms with van der Waals surface area (Å²) in [6.07, 6.45) is 0.788. The van der Waals surface area contributed by atoms with Gasteiger partial charge in [-0.25, -0.2) is 4.39 Å². The van der Waals surface area contributed by atoms with Gasteiger partial charge in [-0.3, -0.25) is 9.79 Å². The fourth-order valence-electron chi connectivity index (χ4n) is 3.20. The Labute approximate surface area is 188 Å². The lowest BCUT2D eigenvalue weighted by molar-refractivity contribution is -0.114. The van der Waals surface area contributed by atoms with Crippen molar-refractivity contribution in [2.24, 2.45) is 10.7 Å². The minimum Gasteiger partial charge on any atom is -0.370 e. The number of nitrogens with two attached hydrogens (primary N) is 1. The molecule has 1 fully saturated rings. The van der Waals surface area contributed by atoms with Crippen molar-refractivity contribution >= 4 is 47.2 Å². The molecular weight excluding hydrogens is 484 g/mol. The standard InChI is InChI=1S/C21H26FN5O.HI/c1-16(28)25-19-6-2-17(3-7-19)10-11-24-21(23)27-14-12-26(13-15-27)20-8-4-18(22)5-9-20;/h2-9H,10-15H2,1H3,(H2,23,24)(H,25,28);1H. The molecule has 1 aliphatic rings. The van der Waals surface area contributed by atoms with Crippen LogP contribution in [0.4, 0.5) is 15.8 Å². The third-order valence-electron chi connectivity index (χ3n) is 4.74. The van der Waals surface area contributed by atoms with Crippen LogP contribution in [0.5, 0.6) is 0 Å². The highest BCUT2D eigenvalue weighted by molar-refractivity contribution is 14.0. The second-order valence-electron chi connectivity index (χ2n) is 6.82. The van der Waals surface area contributed by atoms with Crippen molar-refractivity contribution in [3.8, 4) is 0 Å². The van der Waals surface area contributed by atoms with Crippen molar-refractivity contribution in [2.75, 3.05) is 42.9 Å². The number of anilines is 2. The quantitative estimate of drug-likeness (QED) is 0.368. The fraction of sp³-hybridized carbons (Fsp3) is 0.333. The van der Waals surface area contributed by atoms with Crippen LogP contribution in [-0.4, -0.2) is 49.5 Å². The summed E-state index contributed by atoms with van der Waals surface area (Å²) in [5.41, 5.74) is 9.12. The molecule has 0 aromatic heterocycles. The number of hydrogen-bond donors (Lipinski definition) is 2. The number of carbonyl (C=O) groups excluding carboxylic acids is 1. The molecule has 0 saturated carbocycles. The summed E-state index contributed by atoms with van der Waals surface area (Å²) in [6.45, 7) is 5.34. The minimum absolute atomic E-state index is 0. The summed E-state index contributed by atoms with van der Waals surface area (Å²) >= 11 is 0. The Kier molecular flexibility index (Phi) is 8.69. The lowest BCUT2D eigenvalue weighted by Crippen LogP contribution is -2.51. The van der Waals surface area contributed by atoms with Gasteiger partial charge in [-0.15, -0.1) is 24.0 Å². The van der Waals surface area contributed by atoms with Gasteiger partial charge in [0, 0.05) is 51.0 Å². The van der Waals surface area contributed by atoms with Crippen LogP contribution in [0.1, 0.15) is 12.5 Å². The first kappa shape index (κ1) is 22.9. The fourth-order valence-corrected chi connectivity index (χ4v) is 3.20. The highest BCUT2D eigenvalue weighted by atomic mass is 127. The first-order valence-corrected chi connectivity index (χ1v) is 9.43. The number of nitrogens with one attached hydrogen (secondary N) is 1. The van der Waals surface area contributed by atoms with E-state index in [0.29, 0.717) is 12.5 Å². The third-order valence-corrected chi connectivity index (χ3v) is 4.74. The minimum atomic E-state index is -0.219. The van der Waals surface area contributed by atoms with Gasteiger partial charge in [0.15, 0.2) is 5.96 Å². The number of aliphatic imine (C=N–C) groups is 1. The van der Waals surface area contributed by atoms with Crippen molar-refractivity contribution in [1.82, 2.24) is 4.90 Å². The van der Waals surface area contributed by atoms with Gasteiger partial charge in [0.25, 0.3) is 0 Å². The summed E-state index contributed by atoms with van der Waals surface area (Å²) in [5, 5.41) is 2.75. The Balaban J connectivity index is 0.00000300. The molecule has 0 unspecified atom stereocenters. The lowest BCUT2D eigenvalue weighted by Gasteiger charge is -2.36. The molecule has 1 amide bonds. The van der Waals surface area contributed by atoms with E-state index in [1.165, 1.54) is 19.1 Å². The normalized spacial score (nSPS) is 14.3. The molecule has 156 valence electrons. The Morgan fingerprint density at radius 2 is 1.69 bits per heavy atom. The van der Waals surface area contributed by atoms with E-state index in [-0.39, 0.29) is 35.7 Å². The first-order valence-electron chi connectivity index (χ1n) is 9.43. The average Bonchev–Trinajstić information content (AvgIpc) is 2.69. The Hall–Kier alpha value is -2.36. The van der Waals surface area contributed by atoms with E-state index in [1.807, 2.05) is 24.3 Å². The van der Waals surface area contributed by atoms with Crippen molar-refractivity contribution < 1.29 is 9.18 Å². The van der Waals surface area contributed by atoms with Crippen LogP contribution in [-0.2, 0) is 11.2 Å². The van der Waals surface area contributed by atoms with Gasteiger partial charge < -0.3 is 20.9 Å². The van der Waals surface area contributed by atoms with Crippen LogP contribution < -0.4 is 16.0 Å². The predicted molar refractivity (Wildman–Crippen MR) is 127 cm³/mol. The van der Waals surface area contributed by atoms with Gasteiger partial charge in [-0.1, -0.05) is 12.1 Å². The maximum atomic E-state index is 13.1. The zero-order chi connectivity index (χ0) is 19.9. The molecule has 0 radical (unpaired) electrons. The maximum Gasteiger partial charge on any atom is 0.221 e. The molecule has 2 aromatic carbocycles. The first-order chi connectivity index (χ1) is 13.5. The topological polar surface area (TPSA) is 74.0 Å². The van der Waals surface area contributed by atoms with Crippen molar-refractivity contribution in [2.45, 2.75) is 13.3 Å². The van der Waals surface area contributed by atoms with Crippen molar-refractivity contribution in [3.63, 3.8) is 0 Å². The van der Waals surface area contributed by atoms with Crippen LogP contribution in [0.3, 0.4) is 0 Å². The molecule has 6 nitrogen and oxygen atoms in total. The van der Waals surface area contributed by atoms with Crippen LogP contribution in [0.25, 0.3) is 0 Å². The lowest BCUT2D eigenvalue weighted by atomic mass is 10.1. The summed E-state index contributed by atoms with van der Waals surface area (Å²) in [4.78, 5) is 19.9. The largest absolute Gasteiger partial charge is 0.370 e. The van der Waals surface area contributed by atoms with E-state index in [0.717, 1.165) is 49.5 Å². The van der Waals surface area contributed by atoms with Gasteiger partial charge in [-0.05, 0) is 48.4 Å². The van der Waals surface area contributed by atoms with E-state index < -0.39 is 0 Å². The van der Waals surface area contributed by atoms with E-state index in [1.54, 1.807) is 12.1 Å². The molecule has 1 saturated heterocycles. The van der Waals surface area contributed by atoms with Crippen molar-refractivity contribution in [1.29, 1.82) is 0 Å². The highest BCUT2D eigenvalue weighted by Gasteiger charge is 2.18. The van der Waals surface area contributed by atoms with Gasteiger partial charge in [-0.2, -0.15) is 0 Å². The molecule has 0 aliphatic carbocycles. The number of benzene rings is 2. The third kappa shape index (κ3) is 6.88. The summed E-state index contributed by atoms with van der Waals surface area (Å²) in [6, 6.07) is 14.3. The monoisotopic (exact) mass is 511 g/mol. The number of hydrogen-bond acceptors (Lipinski definition) is 3. The van der Waals surface area contributed by atoms with E-state index in [9.17, 15) is 9.18 Å². The van der Waals surface area contributed by atoms with E-state index >= 15 is 0 Å². The van der Waals surface area contributed by atoms with Gasteiger partial charge in [0.05, 0.1) is 0 Å². The van der Waals surface area contributed by atoms with E-state index in [2.05, 4.69) is 20.1 Å².